The van der Waals surface area contributed by atoms with Crippen molar-refractivity contribution in [2.45, 2.75) is 70.8 Å². The zero-order valence-electron chi connectivity index (χ0n) is 19.1. The maximum absolute atomic E-state index is 13.6. The highest BCUT2D eigenvalue weighted by molar-refractivity contribution is 14.1. The van der Waals surface area contributed by atoms with Crippen molar-refractivity contribution in [1.82, 2.24) is 9.97 Å². The summed E-state index contributed by atoms with van der Waals surface area (Å²) in [5.41, 5.74) is 0.831. The van der Waals surface area contributed by atoms with Gasteiger partial charge in [-0.1, -0.05) is 44.8 Å². The van der Waals surface area contributed by atoms with Gasteiger partial charge in [-0.15, -0.1) is 0 Å². The number of esters is 1. The molecule has 1 aromatic heterocycles. The van der Waals surface area contributed by atoms with Crippen LogP contribution >= 0.6 is 22.6 Å². The van der Waals surface area contributed by atoms with E-state index in [1.807, 2.05) is 28.7 Å². The van der Waals surface area contributed by atoms with Crippen molar-refractivity contribution in [1.29, 1.82) is 0 Å². The molecule has 1 heterocycles. The molecule has 5 nitrogen and oxygen atoms in total. The lowest BCUT2D eigenvalue weighted by Gasteiger charge is -2.27. The molecule has 0 saturated heterocycles. The fraction of sp³-hybridized carbons (Fsp3) is 0.500. The highest BCUT2D eigenvalue weighted by atomic mass is 127. The number of halogens is 2. The zero-order valence-corrected chi connectivity index (χ0v) is 21.3. The Morgan fingerprint density at radius 3 is 2.55 bits per heavy atom. The molecule has 1 fully saturated rings. The largest absolute Gasteiger partial charge is 0.421 e. The molecule has 1 saturated carbocycles. The first-order valence-electron chi connectivity index (χ1n) is 11.8. The average Bonchev–Trinajstić information content (AvgIpc) is 2.83. The fourth-order valence-corrected chi connectivity index (χ4v) is 4.21. The van der Waals surface area contributed by atoms with Gasteiger partial charge < -0.3 is 9.47 Å². The van der Waals surface area contributed by atoms with Gasteiger partial charge in [0.2, 0.25) is 5.82 Å². The van der Waals surface area contributed by atoms with Gasteiger partial charge in [0.25, 0.3) is 0 Å². The van der Waals surface area contributed by atoms with Crippen LogP contribution in [0.25, 0.3) is 6.08 Å². The quantitative estimate of drug-likeness (QED) is 0.127. The van der Waals surface area contributed by atoms with Crippen LogP contribution in [0, 0.1) is 15.3 Å². The van der Waals surface area contributed by atoms with Crippen LogP contribution in [0.15, 0.2) is 36.7 Å². The molecule has 2 aromatic rings. The highest BCUT2D eigenvalue weighted by Gasteiger charge is 2.20. The third-order valence-electron chi connectivity index (χ3n) is 5.84. The maximum Gasteiger partial charge on any atom is 0.381 e. The fourth-order valence-electron chi connectivity index (χ4n) is 3.87. The van der Waals surface area contributed by atoms with Gasteiger partial charge in [0, 0.05) is 34.2 Å². The van der Waals surface area contributed by atoms with E-state index in [1.54, 1.807) is 18.5 Å². The van der Waals surface area contributed by atoms with Crippen LogP contribution in [0.3, 0.4) is 0 Å². The molecule has 0 radical (unpaired) electrons. The van der Waals surface area contributed by atoms with E-state index in [4.69, 9.17) is 9.47 Å². The molecule has 0 aliphatic heterocycles. The van der Waals surface area contributed by atoms with Crippen LogP contribution in [0.4, 0.5) is 4.39 Å². The van der Waals surface area contributed by atoms with E-state index in [0.29, 0.717) is 15.6 Å². The summed E-state index contributed by atoms with van der Waals surface area (Å²) in [4.78, 5) is 20.4. The number of aromatic nitrogens is 2. The Balaban J connectivity index is 1.39. The molecular weight excluding hydrogens is 534 g/mol. The Labute approximate surface area is 209 Å². The van der Waals surface area contributed by atoms with E-state index in [1.165, 1.54) is 44.2 Å². The van der Waals surface area contributed by atoms with Gasteiger partial charge in [0.1, 0.15) is 11.6 Å². The van der Waals surface area contributed by atoms with E-state index in [9.17, 15) is 9.18 Å². The molecule has 1 aliphatic carbocycles. The minimum atomic E-state index is -0.713. The Hall–Kier alpha value is -1.87. The molecule has 0 amide bonds. The molecule has 0 unspecified atom stereocenters. The van der Waals surface area contributed by atoms with Gasteiger partial charge in [-0.05, 0) is 72.7 Å². The normalized spacial score (nSPS) is 18.5. The summed E-state index contributed by atoms with van der Waals surface area (Å²) in [7, 11) is 0. The van der Waals surface area contributed by atoms with Crippen LogP contribution < -0.4 is 4.74 Å². The van der Waals surface area contributed by atoms with Gasteiger partial charge >= 0.3 is 5.97 Å². The van der Waals surface area contributed by atoms with Gasteiger partial charge in [0.15, 0.2) is 0 Å². The molecule has 178 valence electrons. The summed E-state index contributed by atoms with van der Waals surface area (Å²) >= 11 is 1.87. The number of ether oxygens (including phenoxy) is 2. The van der Waals surface area contributed by atoms with Gasteiger partial charge in [-0.2, -0.15) is 0 Å². The SMILES string of the molecule is CCCCCCCOC1CCC(C=Cc2cnc(C(=O)Oc3ccc(I)c(F)c3)nc2)CC1. The van der Waals surface area contributed by atoms with E-state index in [2.05, 4.69) is 23.0 Å². The van der Waals surface area contributed by atoms with Crippen molar-refractivity contribution in [3.63, 3.8) is 0 Å². The Morgan fingerprint density at radius 1 is 1.12 bits per heavy atom. The summed E-state index contributed by atoms with van der Waals surface area (Å²) < 4.78 is 25.3. The van der Waals surface area contributed by atoms with Crippen molar-refractivity contribution in [3.8, 4) is 5.75 Å². The third kappa shape index (κ3) is 8.77. The second-order valence-corrected chi connectivity index (χ2v) is 9.65. The van der Waals surface area contributed by atoms with Crippen molar-refractivity contribution < 1.29 is 18.7 Å². The Bertz CT molecular complexity index is 912. The molecule has 0 N–H and O–H groups in total. The predicted molar refractivity (Wildman–Crippen MR) is 136 cm³/mol. The topological polar surface area (TPSA) is 61.3 Å². The summed E-state index contributed by atoms with van der Waals surface area (Å²) in [6, 6.07) is 4.25. The number of carbonyl (C=O) groups excluding carboxylic acids is 1. The number of allylic oxidation sites excluding steroid dienone is 1. The number of benzene rings is 1. The first-order valence-corrected chi connectivity index (χ1v) is 12.9. The van der Waals surface area contributed by atoms with E-state index in [-0.39, 0.29) is 11.6 Å². The number of unbranched alkanes of at least 4 members (excludes halogenated alkanes) is 4. The lowest BCUT2D eigenvalue weighted by atomic mass is 9.87. The summed E-state index contributed by atoms with van der Waals surface area (Å²) in [6.07, 6.45) is 18.6. The van der Waals surface area contributed by atoms with Crippen molar-refractivity contribution in [2.75, 3.05) is 6.61 Å². The first-order chi connectivity index (χ1) is 16.0. The minimum Gasteiger partial charge on any atom is -0.421 e. The number of hydrogen-bond donors (Lipinski definition) is 0. The van der Waals surface area contributed by atoms with E-state index >= 15 is 0 Å². The molecule has 0 bridgehead atoms. The molecule has 0 atom stereocenters. The number of carbonyl (C=O) groups is 1. The van der Waals surface area contributed by atoms with E-state index < -0.39 is 11.8 Å². The maximum atomic E-state index is 13.6. The lowest BCUT2D eigenvalue weighted by Crippen LogP contribution is -2.21. The number of nitrogens with zero attached hydrogens (tertiary/aromatic N) is 2. The molecule has 7 heteroatoms. The van der Waals surface area contributed by atoms with Crippen LogP contribution in [0.5, 0.6) is 5.75 Å². The summed E-state index contributed by atoms with van der Waals surface area (Å²) in [6.45, 7) is 3.12. The Kier molecular flexibility index (Phi) is 10.7. The average molecular weight is 566 g/mol. The Morgan fingerprint density at radius 2 is 1.85 bits per heavy atom. The molecule has 3 rings (SSSR count). The molecular formula is C26H32FIN2O3. The second-order valence-electron chi connectivity index (χ2n) is 8.49. The molecule has 0 spiro atoms. The van der Waals surface area contributed by atoms with Crippen molar-refractivity contribution >= 4 is 34.6 Å². The zero-order chi connectivity index (χ0) is 23.5. The van der Waals surface area contributed by atoms with Gasteiger partial charge in [0.05, 0.1) is 6.10 Å². The standard InChI is InChI=1S/C26H32FIN2O3/c1-2-3-4-5-6-15-32-21-11-9-19(10-12-21)7-8-20-17-29-25(30-18-20)26(31)33-22-13-14-24(28)23(27)16-22/h7-8,13-14,16-19,21H,2-6,9-12,15H2,1H3. The molecule has 33 heavy (non-hydrogen) atoms. The first kappa shape index (κ1) is 25.7. The van der Waals surface area contributed by atoms with Gasteiger partial charge in [-0.3, -0.25) is 0 Å². The van der Waals surface area contributed by atoms with Crippen LogP contribution in [0.2, 0.25) is 0 Å². The number of hydrogen-bond acceptors (Lipinski definition) is 5. The summed E-state index contributed by atoms with van der Waals surface area (Å²) in [5, 5.41) is 0. The van der Waals surface area contributed by atoms with Crippen molar-refractivity contribution in [2.24, 2.45) is 5.92 Å². The second kappa shape index (κ2) is 13.7. The summed E-state index contributed by atoms with van der Waals surface area (Å²) in [5.74, 6) is -0.560. The molecule has 1 aromatic carbocycles. The third-order valence-corrected chi connectivity index (χ3v) is 6.71. The lowest BCUT2D eigenvalue weighted by molar-refractivity contribution is 0.0203. The molecule has 1 aliphatic rings. The minimum absolute atomic E-state index is 0.0570. The monoisotopic (exact) mass is 566 g/mol. The van der Waals surface area contributed by atoms with Crippen molar-refractivity contribution in [3.05, 3.63) is 57.4 Å². The smallest absolute Gasteiger partial charge is 0.381 e. The van der Waals surface area contributed by atoms with E-state index in [0.717, 1.165) is 37.9 Å². The van der Waals surface area contributed by atoms with Gasteiger partial charge in [-0.25, -0.2) is 19.2 Å². The highest BCUT2D eigenvalue weighted by Crippen LogP contribution is 2.28. The number of rotatable bonds is 11. The van der Waals surface area contributed by atoms with Crippen LogP contribution in [0.1, 0.15) is 80.9 Å². The predicted octanol–water partition coefficient (Wildman–Crippen LogP) is 7.00. The van der Waals surface area contributed by atoms with Crippen LogP contribution in [-0.4, -0.2) is 28.6 Å². The van der Waals surface area contributed by atoms with Crippen LogP contribution in [-0.2, 0) is 4.74 Å².